The molecule has 1 aromatic carbocycles. The van der Waals surface area contributed by atoms with E-state index in [0.29, 0.717) is 26.3 Å². The third-order valence-corrected chi connectivity index (χ3v) is 4.05. The van der Waals surface area contributed by atoms with Gasteiger partial charge in [-0.25, -0.2) is 4.79 Å². The van der Waals surface area contributed by atoms with Crippen molar-refractivity contribution in [2.75, 3.05) is 46.9 Å². The summed E-state index contributed by atoms with van der Waals surface area (Å²) >= 11 is 0. The number of likely N-dealkylation sites (N-methyl/N-ethyl adjacent to an activating group) is 1. The van der Waals surface area contributed by atoms with E-state index in [4.69, 9.17) is 9.47 Å². The van der Waals surface area contributed by atoms with Gasteiger partial charge in [-0.05, 0) is 31.0 Å². The topological polar surface area (TPSA) is 71.1 Å². The van der Waals surface area contributed by atoms with E-state index >= 15 is 0 Å². The molecule has 1 saturated heterocycles. The van der Waals surface area contributed by atoms with Crippen molar-refractivity contribution in [1.29, 1.82) is 0 Å². The highest BCUT2D eigenvalue weighted by atomic mass is 16.5. The highest BCUT2D eigenvalue weighted by Gasteiger charge is 2.30. The van der Waals surface area contributed by atoms with E-state index < -0.39 is 6.10 Å². The van der Waals surface area contributed by atoms with Crippen molar-refractivity contribution in [2.45, 2.75) is 20.0 Å². The molecule has 0 radical (unpaired) electrons. The minimum absolute atomic E-state index is 0.129. The molecular weight excluding hydrogens is 322 g/mol. The molecule has 7 nitrogen and oxygen atoms in total. The summed E-state index contributed by atoms with van der Waals surface area (Å²) < 4.78 is 11.2. The Bertz CT molecular complexity index is 618. The molecule has 0 aromatic heterocycles. The van der Waals surface area contributed by atoms with E-state index in [2.05, 4.69) is 5.32 Å². The van der Waals surface area contributed by atoms with Gasteiger partial charge in [0.05, 0.1) is 19.7 Å². The van der Waals surface area contributed by atoms with Crippen LogP contribution < -0.4 is 10.1 Å². The van der Waals surface area contributed by atoms with Crippen molar-refractivity contribution in [3.8, 4) is 5.75 Å². The Balaban J connectivity index is 1.76. The van der Waals surface area contributed by atoms with Crippen LogP contribution in [0.1, 0.15) is 11.1 Å². The third-order valence-electron chi connectivity index (χ3n) is 4.05. The Morgan fingerprint density at radius 1 is 1.36 bits per heavy atom. The van der Waals surface area contributed by atoms with Crippen LogP contribution in [0, 0.1) is 13.8 Å². The third kappa shape index (κ3) is 5.35. The summed E-state index contributed by atoms with van der Waals surface area (Å²) in [4.78, 5) is 27.3. The number of nitrogens with one attached hydrogen (secondary N) is 1. The number of urea groups is 1. The predicted molar refractivity (Wildman–Crippen MR) is 94.8 cm³/mol. The van der Waals surface area contributed by atoms with Crippen LogP contribution in [-0.2, 0) is 9.53 Å². The van der Waals surface area contributed by atoms with Crippen molar-refractivity contribution in [2.24, 2.45) is 0 Å². The molecule has 7 heteroatoms. The number of amides is 3. The molecule has 2 rings (SSSR count). The average molecular weight is 349 g/mol. The molecule has 25 heavy (non-hydrogen) atoms. The number of rotatable bonds is 5. The molecule has 1 aliphatic rings. The summed E-state index contributed by atoms with van der Waals surface area (Å²) in [6.45, 7) is 5.88. The molecule has 3 amide bonds. The van der Waals surface area contributed by atoms with Gasteiger partial charge in [0.25, 0.3) is 5.91 Å². The Morgan fingerprint density at radius 2 is 2.12 bits per heavy atom. The second kappa shape index (κ2) is 8.71. The standard InChI is InChI=1S/C18H27N3O4/c1-13-5-6-14(2)15(11-13)24-9-7-19-18(23)21-8-10-25-16(12-21)17(22)20(3)4/h5-6,11,16H,7-10,12H2,1-4H3,(H,19,23). The molecule has 1 aliphatic heterocycles. The van der Waals surface area contributed by atoms with Crippen LogP contribution in [0.15, 0.2) is 18.2 Å². The van der Waals surface area contributed by atoms with Crippen molar-refractivity contribution >= 4 is 11.9 Å². The molecule has 0 saturated carbocycles. The van der Waals surface area contributed by atoms with Gasteiger partial charge in [-0.15, -0.1) is 0 Å². The van der Waals surface area contributed by atoms with Gasteiger partial charge < -0.3 is 24.6 Å². The Hall–Kier alpha value is -2.28. The predicted octanol–water partition coefficient (Wildman–Crippen LogP) is 1.18. The zero-order valence-corrected chi connectivity index (χ0v) is 15.4. The molecule has 1 N–H and O–H groups in total. The number of morpholine rings is 1. The van der Waals surface area contributed by atoms with E-state index in [0.717, 1.165) is 16.9 Å². The van der Waals surface area contributed by atoms with E-state index in [1.807, 2.05) is 32.0 Å². The van der Waals surface area contributed by atoms with E-state index in [1.165, 1.54) is 4.90 Å². The maximum Gasteiger partial charge on any atom is 0.317 e. The monoisotopic (exact) mass is 349 g/mol. The second-order valence-corrected chi connectivity index (χ2v) is 6.39. The lowest BCUT2D eigenvalue weighted by molar-refractivity contribution is -0.145. The van der Waals surface area contributed by atoms with Gasteiger partial charge >= 0.3 is 6.03 Å². The lowest BCUT2D eigenvalue weighted by atomic mass is 10.1. The summed E-state index contributed by atoms with van der Waals surface area (Å²) in [6, 6.07) is 5.83. The van der Waals surface area contributed by atoms with Crippen LogP contribution in [0.25, 0.3) is 0 Å². The van der Waals surface area contributed by atoms with Crippen LogP contribution in [-0.4, -0.2) is 74.8 Å². The quantitative estimate of drug-likeness (QED) is 0.811. The maximum atomic E-state index is 12.2. The van der Waals surface area contributed by atoms with Crippen LogP contribution in [0.3, 0.4) is 0 Å². The summed E-state index contributed by atoms with van der Waals surface area (Å²) in [5.41, 5.74) is 2.20. The van der Waals surface area contributed by atoms with Crippen molar-refractivity contribution in [3.05, 3.63) is 29.3 Å². The minimum atomic E-state index is -0.597. The van der Waals surface area contributed by atoms with E-state index in [-0.39, 0.29) is 18.5 Å². The van der Waals surface area contributed by atoms with Crippen molar-refractivity contribution in [3.63, 3.8) is 0 Å². The van der Waals surface area contributed by atoms with Gasteiger partial charge in [-0.2, -0.15) is 0 Å². The van der Waals surface area contributed by atoms with Crippen LogP contribution >= 0.6 is 0 Å². The molecule has 1 fully saturated rings. The number of carbonyl (C=O) groups excluding carboxylic acids is 2. The maximum absolute atomic E-state index is 12.2. The first kappa shape index (κ1) is 19.1. The first-order chi connectivity index (χ1) is 11.9. The number of carbonyl (C=O) groups is 2. The van der Waals surface area contributed by atoms with Crippen LogP contribution in [0.4, 0.5) is 4.79 Å². The lowest BCUT2D eigenvalue weighted by Gasteiger charge is -2.33. The molecule has 0 aliphatic carbocycles. The number of nitrogens with zero attached hydrogens (tertiary/aromatic N) is 2. The van der Waals surface area contributed by atoms with E-state index in [1.54, 1.807) is 19.0 Å². The number of ether oxygens (including phenoxy) is 2. The summed E-state index contributed by atoms with van der Waals surface area (Å²) in [5.74, 6) is 0.702. The van der Waals surface area contributed by atoms with Gasteiger partial charge in [0, 0.05) is 20.6 Å². The zero-order chi connectivity index (χ0) is 18.4. The largest absolute Gasteiger partial charge is 0.491 e. The Labute approximate surface area is 148 Å². The smallest absolute Gasteiger partial charge is 0.317 e. The molecule has 1 aromatic rings. The zero-order valence-electron chi connectivity index (χ0n) is 15.4. The Morgan fingerprint density at radius 3 is 2.84 bits per heavy atom. The summed E-state index contributed by atoms with van der Waals surface area (Å²) in [5, 5.41) is 2.83. The molecule has 138 valence electrons. The van der Waals surface area contributed by atoms with Gasteiger partial charge in [-0.1, -0.05) is 12.1 Å². The fraction of sp³-hybridized carbons (Fsp3) is 0.556. The molecule has 1 unspecified atom stereocenters. The van der Waals surface area contributed by atoms with Crippen molar-refractivity contribution < 1.29 is 19.1 Å². The number of hydrogen-bond donors (Lipinski definition) is 1. The highest BCUT2D eigenvalue weighted by Crippen LogP contribution is 2.18. The van der Waals surface area contributed by atoms with Crippen LogP contribution in [0.5, 0.6) is 5.75 Å². The lowest BCUT2D eigenvalue weighted by Crippen LogP contribution is -2.54. The number of hydrogen-bond acceptors (Lipinski definition) is 4. The fourth-order valence-corrected chi connectivity index (χ4v) is 2.56. The first-order valence-electron chi connectivity index (χ1n) is 8.44. The van der Waals surface area contributed by atoms with Gasteiger partial charge in [0.2, 0.25) is 0 Å². The summed E-state index contributed by atoms with van der Waals surface area (Å²) in [6.07, 6.45) is -0.597. The number of aryl methyl sites for hydroxylation is 2. The van der Waals surface area contributed by atoms with E-state index in [9.17, 15) is 9.59 Å². The normalized spacial score (nSPS) is 17.1. The molecule has 0 bridgehead atoms. The average Bonchev–Trinajstić information content (AvgIpc) is 2.60. The van der Waals surface area contributed by atoms with Gasteiger partial charge in [-0.3, -0.25) is 4.79 Å². The molecule has 0 spiro atoms. The molecule has 1 atom stereocenters. The first-order valence-corrected chi connectivity index (χ1v) is 8.44. The number of benzene rings is 1. The fourth-order valence-electron chi connectivity index (χ4n) is 2.56. The SMILES string of the molecule is Cc1ccc(C)c(OCCNC(=O)N2CCOC(C(=O)N(C)C)C2)c1. The van der Waals surface area contributed by atoms with Gasteiger partial charge in [0.1, 0.15) is 12.4 Å². The summed E-state index contributed by atoms with van der Waals surface area (Å²) in [7, 11) is 3.35. The Kier molecular flexibility index (Phi) is 6.64. The highest BCUT2D eigenvalue weighted by molar-refractivity contribution is 5.82. The second-order valence-electron chi connectivity index (χ2n) is 6.39. The van der Waals surface area contributed by atoms with Crippen LogP contribution in [0.2, 0.25) is 0 Å². The molecular formula is C18H27N3O4. The van der Waals surface area contributed by atoms with Gasteiger partial charge in [0.15, 0.2) is 6.10 Å². The van der Waals surface area contributed by atoms with Crippen molar-refractivity contribution in [1.82, 2.24) is 15.1 Å². The molecule has 1 heterocycles. The minimum Gasteiger partial charge on any atom is -0.491 e.